The molecule has 4 aromatic rings. The number of thiazole rings is 1. The number of hydrogen-bond donors (Lipinski definition) is 0. The highest BCUT2D eigenvalue weighted by Crippen LogP contribution is 2.31. The molecular weight excluding hydrogens is 418 g/mol. The topological polar surface area (TPSA) is 45.0 Å². The van der Waals surface area contributed by atoms with Gasteiger partial charge in [-0.3, -0.25) is 0 Å². The molecule has 0 aliphatic carbocycles. The van der Waals surface area contributed by atoms with Crippen molar-refractivity contribution in [3.05, 3.63) is 72.6 Å². The van der Waals surface area contributed by atoms with E-state index < -0.39 is 0 Å². The van der Waals surface area contributed by atoms with Crippen LogP contribution in [0.1, 0.15) is 12.5 Å². The van der Waals surface area contributed by atoms with Crippen molar-refractivity contribution in [3.8, 4) is 5.75 Å². The lowest BCUT2D eigenvalue weighted by Crippen LogP contribution is -2.40. The molecule has 0 fully saturated rings. The largest absolute Gasteiger partial charge is 0.497 e. The van der Waals surface area contributed by atoms with Gasteiger partial charge in [0.15, 0.2) is 18.9 Å². The third-order valence-corrected chi connectivity index (χ3v) is 6.68. The molecule has 2 aromatic carbocycles. The fraction of sp³-hybridized carbons (Fsp3) is 0.280. The first-order valence-electron chi connectivity index (χ1n) is 10.8. The smallest absolute Gasteiger partial charge is 0.409 e. The second kappa shape index (κ2) is 9.87. The van der Waals surface area contributed by atoms with Crippen LogP contribution in [-0.2, 0) is 13.6 Å². The lowest BCUT2D eigenvalue weighted by molar-refractivity contribution is -0.694. The van der Waals surface area contributed by atoms with E-state index in [2.05, 4.69) is 86.9 Å². The highest BCUT2D eigenvalue weighted by atomic mass is 32.1. The standard InChI is InChI=1S/C25H29N5OS/c1-5-30(16-15-29-13-7-6-8-14-29)20-9-11-22(19(2)17-20)26-27-25-28(3)23-12-10-21(31-4)18-24(23)32-25/h6-14,17-18H,5,15-16H2,1-4H3/q+2. The van der Waals surface area contributed by atoms with E-state index in [1.807, 2.05) is 25.2 Å². The summed E-state index contributed by atoms with van der Waals surface area (Å²) >= 11 is 1.61. The van der Waals surface area contributed by atoms with Crippen molar-refractivity contribution in [2.75, 3.05) is 25.1 Å². The number of pyridine rings is 1. The number of azo groups is 1. The Morgan fingerprint density at radius 1 is 1.03 bits per heavy atom. The number of benzene rings is 2. The highest BCUT2D eigenvalue weighted by molar-refractivity contribution is 7.21. The zero-order chi connectivity index (χ0) is 22.5. The quantitative estimate of drug-likeness (QED) is 0.273. The summed E-state index contributed by atoms with van der Waals surface area (Å²) in [6, 6.07) is 18.6. The fourth-order valence-electron chi connectivity index (χ4n) is 3.67. The predicted molar refractivity (Wildman–Crippen MR) is 129 cm³/mol. The molecule has 2 heterocycles. The number of rotatable bonds is 8. The van der Waals surface area contributed by atoms with Crippen molar-refractivity contribution in [2.45, 2.75) is 20.4 Å². The highest BCUT2D eigenvalue weighted by Gasteiger charge is 2.17. The Labute approximate surface area is 193 Å². The van der Waals surface area contributed by atoms with Crippen LogP contribution in [0.25, 0.3) is 10.2 Å². The van der Waals surface area contributed by atoms with Crippen LogP contribution in [0.2, 0.25) is 0 Å². The Hall–Kier alpha value is -3.32. The Morgan fingerprint density at radius 2 is 1.84 bits per heavy atom. The Kier molecular flexibility index (Phi) is 6.75. The van der Waals surface area contributed by atoms with Gasteiger partial charge in [-0.1, -0.05) is 6.07 Å². The first-order valence-corrected chi connectivity index (χ1v) is 11.6. The third-order valence-electron chi connectivity index (χ3n) is 5.59. The maximum Gasteiger partial charge on any atom is 0.409 e. The maximum atomic E-state index is 5.34. The molecule has 164 valence electrons. The lowest BCUT2D eigenvalue weighted by atomic mass is 10.1. The van der Waals surface area contributed by atoms with Gasteiger partial charge in [0, 0.05) is 30.4 Å². The van der Waals surface area contributed by atoms with Crippen LogP contribution in [0, 0.1) is 6.92 Å². The molecule has 2 aromatic heterocycles. The maximum absolute atomic E-state index is 5.34. The van der Waals surface area contributed by atoms with Gasteiger partial charge in [-0.25, -0.2) is 9.13 Å². The summed E-state index contributed by atoms with van der Waals surface area (Å²) in [6.45, 7) is 7.13. The molecule has 4 rings (SSSR count). The number of hydrogen-bond acceptors (Lipinski definition) is 5. The van der Waals surface area contributed by atoms with Gasteiger partial charge in [0.05, 0.1) is 30.5 Å². The summed E-state index contributed by atoms with van der Waals surface area (Å²) in [7, 11) is 3.70. The molecule has 7 heteroatoms. The molecule has 0 aliphatic heterocycles. The summed E-state index contributed by atoms with van der Waals surface area (Å²) in [6.07, 6.45) is 4.21. The Bertz CT molecular complexity index is 1240. The molecule has 0 amide bonds. The predicted octanol–water partition coefficient (Wildman–Crippen LogP) is 5.27. The zero-order valence-electron chi connectivity index (χ0n) is 19.0. The molecule has 0 bridgehead atoms. The molecule has 6 nitrogen and oxygen atoms in total. The summed E-state index contributed by atoms with van der Waals surface area (Å²) in [5.74, 6) is 0.848. The lowest BCUT2D eigenvalue weighted by Gasteiger charge is -2.22. The van der Waals surface area contributed by atoms with Gasteiger partial charge in [0.1, 0.15) is 17.0 Å². The van der Waals surface area contributed by atoms with Crippen LogP contribution in [0.3, 0.4) is 0 Å². The van der Waals surface area contributed by atoms with Crippen LogP contribution >= 0.6 is 11.3 Å². The minimum atomic E-state index is 0.848. The molecule has 0 saturated carbocycles. The second-order valence-electron chi connectivity index (χ2n) is 7.64. The number of ether oxygens (including phenoxy) is 1. The van der Waals surface area contributed by atoms with Crippen molar-refractivity contribution >= 4 is 38.1 Å². The number of likely N-dealkylation sites (N-methyl/N-ethyl adjacent to an activating group) is 1. The molecule has 0 unspecified atom stereocenters. The first kappa shape index (κ1) is 21.9. The molecule has 0 radical (unpaired) electrons. The Morgan fingerprint density at radius 3 is 2.56 bits per heavy atom. The van der Waals surface area contributed by atoms with Crippen LogP contribution in [0.5, 0.6) is 5.75 Å². The van der Waals surface area contributed by atoms with Crippen LogP contribution in [0.15, 0.2) is 77.2 Å². The van der Waals surface area contributed by atoms with Crippen molar-refractivity contribution in [1.82, 2.24) is 0 Å². The number of methoxy groups -OCH3 is 1. The third kappa shape index (κ3) is 4.78. The number of aryl methyl sites for hydroxylation is 2. The molecule has 0 spiro atoms. The SMILES string of the molecule is CCN(CC[n+]1ccccc1)c1ccc(N=Nc2sc3cc(OC)ccc3[n+]2C)c(C)c1. The van der Waals surface area contributed by atoms with Gasteiger partial charge in [-0.15, -0.1) is 0 Å². The van der Waals surface area contributed by atoms with E-state index in [9.17, 15) is 0 Å². The average Bonchev–Trinajstić information content (AvgIpc) is 3.14. The van der Waals surface area contributed by atoms with Crippen LogP contribution < -0.4 is 18.8 Å². The minimum Gasteiger partial charge on any atom is -0.497 e. The molecule has 32 heavy (non-hydrogen) atoms. The van der Waals surface area contributed by atoms with Crippen molar-refractivity contribution in [3.63, 3.8) is 0 Å². The van der Waals surface area contributed by atoms with Gasteiger partial charge in [-0.05, 0) is 66.2 Å². The number of fused-ring (bicyclic) bond motifs is 1. The van der Waals surface area contributed by atoms with E-state index in [-0.39, 0.29) is 0 Å². The van der Waals surface area contributed by atoms with Gasteiger partial charge >= 0.3 is 5.13 Å². The Balaban J connectivity index is 1.51. The molecule has 0 saturated heterocycles. The van der Waals surface area contributed by atoms with E-state index in [1.165, 1.54) is 5.69 Å². The zero-order valence-corrected chi connectivity index (χ0v) is 19.8. The van der Waals surface area contributed by atoms with E-state index >= 15 is 0 Å². The minimum absolute atomic E-state index is 0.848. The van der Waals surface area contributed by atoms with Crippen molar-refractivity contribution < 1.29 is 13.9 Å². The first-order chi connectivity index (χ1) is 15.6. The van der Waals surface area contributed by atoms with Crippen LogP contribution in [-0.4, -0.2) is 20.2 Å². The van der Waals surface area contributed by atoms with Gasteiger partial charge < -0.3 is 9.64 Å². The van der Waals surface area contributed by atoms with Crippen molar-refractivity contribution in [1.29, 1.82) is 0 Å². The number of anilines is 1. The summed E-state index contributed by atoms with van der Waals surface area (Å²) in [4.78, 5) is 2.38. The molecule has 0 atom stereocenters. The molecule has 0 aliphatic rings. The molecular formula is C25H29N5OS+2. The van der Waals surface area contributed by atoms with Gasteiger partial charge in [0.2, 0.25) is 0 Å². The summed E-state index contributed by atoms with van der Waals surface area (Å²) in [5.41, 5.74) is 4.33. The molecule has 0 N–H and O–H groups in total. The van der Waals surface area contributed by atoms with Crippen LogP contribution in [0.4, 0.5) is 16.5 Å². The monoisotopic (exact) mass is 447 g/mol. The number of nitrogens with zero attached hydrogens (tertiary/aromatic N) is 5. The van der Waals surface area contributed by atoms with Gasteiger partial charge in [0.25, 0.3) is 0 Å². The van der Waals surface area contributed by atoms with E-state index in [0.717, 1.165) is 52.0 Å². The van der Waals surface area contributed by atoms with Crippen molar-refractivity contribution in [2.24, 2.45) is 17.3 Å². The van der Waals surface area contributed by atoms with Gasteiger partial charge in [-0.2, -0.15) is 0 Å². The van der Waals surface area contributed by atoms with E-state index in [4.69, 9.17) is 4.74 Å². The average molecular weight is 448 g/mol. The van der Waals surface area contributed by atoms with E-state index in [1.54, 1.807) is 18.4 Å². The second-order valence-corrected chi connectivity index (χ2v) is 8.65. The fourth-order valence-corrected chi connectivity index (χ4v) is 4.67. The normalized spacial score (nSPS) is 11.4. The summed E-state index contributed by atoms with van der Waals surface area (Å²) in [5, 5.41) is 9.96. The number of aromatic nitrogens is 2. The summed E-state index contributed by atoms with van der Waals surface area (Å²) < 4.78 is 10.7. The van der Waals surface area contributed by atoms with E-state index in [0.29, 0.717) is 0 Å².